The average Bonchev–Trinajstić information content (AvgIpc) is 3.41. The number of nitrogens with one attached hydrogen (secondary N) is 1. The molecule has 5 heteroatoms. The number of fused-ring (bicyclic) bond motifs is 2. The lowest BCUT2D eigenvalue weighted by molar-refractivity contribution is 0.0495. The Labute approximate surface area is 163 Å². The standard InChI is InChI=1S/C22H23N3OS/c1-22(17-5-3-2-4-6-17)10-18-7-8-19(11-22)25(18)21(26)15-9-20(27-14-15)16-12-23-24-13-16/h2-6,9,12-14,18-19H,7-8,10-11H2,1H3,(H,23,24). The number of piperidine rings is 1. The summed E-state index contributed by atoms with van der Waals surface area (Å²) >= 11 is 1.61. The maximum Gasteiger partial charge on any atom is 0.255 e. The molecule has 2 unspecified atom stereocenters. The molecule has 138 valence electrons. The van der Waals surface area contributed by atoms with Gasteiger partial charge < -0.3 is 4.90 Å². The van der Waals surface area contributed by atoms with E-state index >= 15 is 0 Å². The summed E-state index contributed by atoms with van der Waals surface area (Å²) in [5, 5.41) is 8.84. The number of hydrogen-bond donors (Lipinski definition) is 1. The first-order valence-electron chi connectivity index (χ1n) is 9.60. The van der Waals surface area contributed by atoms with Crippen LogP contribution in [0.2, 0.25) is 0 Å². The number of H-pyrrole nitrogens is 1. The third kappa shape index (κ3) is 2.81. The Balaban J connectivity index is 1.39. The van der Waals surface area contributed by atoms with Gasteiger partial charge in [0.05, 0.1) is 11.8 Å². The van der Waals surface area contributed by atoms with E-state index in [2.05, 4.69) is 52.4 Å². The summed E-state index contributed by atoms with van der Waals surface area (Å²) in [5.41, 5.74) is 3.43. The van der Waals surface area contributed by atoms with Gasteiger partial charge in [-0.1, -0.05) is 37.3 Å². The minimum absolute atomic E-state index is 0.167. The molecule has 2 aliphatic rings. The van der Waals surface area contributed by atoms with Gasteiger partial charge in [0.25, 0.3) is 5.91 Å². The summed E-state index contributed by atoms with van der Waals surface area (Å²) in [5.74, 6) is 0.198. The van der Waals surface area contributed by atoms with Crippen molar-refractivity contribution in [2.75, 3.05) is 0 Å². The SMILES string of the molecule is CC1(c2ccccc2)CC2CCC(C1)N2C(=O)c1csc(-c2cn[nH]c2)c1. The first kappa shape index (κ1) is 16.8. The quantitative estimate of drug-likeness (QED) is 0.708. The summed E-state index contributed by atoms with van der Waals surface area (Å²) < 4.78 is 0. The molecule has 2 bridgehead atoms. The lowest BCUT2D eigenvalue weighted by atomic mass is 9.71. The van der Waals surface area contributed by atoms with Crippen LogP contribution in [0.4, 0.5) is 0 Å². The van der Waals surface area contributed by atoms with Crippen molar-refractivity contribution in [3.05, 3.63) is 65.3 Å². The number of carbonyl (C=O) groups excluding carboxylic acids is 1. The zero-order valence-electron chi connectivity index (χ0n) is 15.4. The van der Waals surface area contributed by atoms with Gasteiger partial charge in [-0.25, -0.2) is 0 Å². The molecule has 0 saturated carbocycles. The summed E-state index contributed by atoms with van der Waals surface area (Å²) in [6.45, 7) is 2.37. The second-order valence-electron chi connectivity index (χ2n) is 8.12. The number of benzene rings is 1. The van der Waals surface area contributed by atoms with E-state index in [1.165, 1.54) is 5.56 Å². The fourth-order valence-corrected chi connectivity index (χ4v) is 5.89. The smallest absolute Gasteiger partial charge is 0.255 e. The van der Waals surface area contributed by atoms with Crippen LogP contribution in [0.3, 0.4) is 0 Å². The molecule has 5 rings (SSSR count). The molecule has 27 heavy (non-hydrogen) atoms. The summed E-state index contributed by atoms with van der Waals surface area (Å²) in [4.78, 5) is 16.6. The molecule has 2 aliphatic heterocycles. The van der Waals surface area contributed by atoms with Crippen molar-refractivity contribution >= 4 is 17.2 Å². The van der Waals surface area contributed by atoms with Gasteiger partial charge >= 0.3 is 0 Å². The van der Waals surface area contributed by atoms with Crippen LogP contribution in [-0.4, -0.2) is 33.1 Å². The number of rotatable bonds is 3. The van der Waals surface area contributed by atoms with Crippen molar-refractivity contribution in [1.29, 1.82) is 0 Å². The van der Waals surface area contributed by atoms with E-state index in [0.29, 0.717) is 12.1 Å². The van der Waals surface area contributed by atoms with Crippen molar-refractivity contribution in [3.63, 3.8) is 0 Å². The highest BCUT2D eigenvalue weighted by Crippen LogP contribution is 2.47. The lowest BCUT2D eigenvalue weighted by Crippen LogP contribution is -2.50. The largest absolute Gasteiger partial charge is 0.333 e. The van der Waals surface area contributed by atoms with E-state index in [1.54, 1.807) is 17.5 Å². The molecule has 2 aromatic heterocycles. The number of carbonyl (C=O) groups is 1. The third-order valence-electron chi connectivity index (χ3n) is 6.33. The van der Waals surface area contributed by atoms with Gasteiger partial charge in [0, 0.05) is 34.1 Å². The molecular weight excluding hydrogens is 354 g/mol. The van der Waals surface area contributed by atoms with Gasteiger partial charge in [0.15, 0.2) is 0 Å². The summed E-state index contributed by atoms with van der Waals surface area (Å²) in [6, 6.07) is 13.5. The lowest BCUT2D eigenvalue weighted by Gasteiger charge is -2.45. The van der Waals surface area contributed by atoms with Gasteiger partial charge in [0.1, 0.15) is 0 Å². The summed E-state index contributed by atoms with van der Waals surface area (Å²) in [7, 11) is 0. The first-order valence-corrected chi connectivity index (χ1v) is 10.5. The molecule has 3 aromatic rings. The highest BCUT2D eigenvalue weighted by molar-refractivity contribution is 7.13. The molecule has 0 radical (unpaired) electrons. The van der Waals surface area contributed by atoms with Crippen molar-refractivity contribution in [1.82, 2.24) is 15.1 Å². The molecule has 2 saturated heterocycles. The molecule has 2 fully saturated rings. The molecule has 4 heterocycles. The Morgan fingerprint density at radius 2 is 1.96 bits per heavy atom. The van der Waals surface area contributed by atoms with Gasteiger partial charge in [-0.2, -0.15) is 5.10 Å². The molecular formula is C22H23N3OS. The third-order valence-corrected chi connectivity index (χ3v) is 7.31. The Morgan fingerprint density at radius 3 is 2.63 bits per heavy atom. The molecule has 0 spiro atoms. The highest BCUT2D eigenvalue weighted by atomic mass is 32.1. The topological polar surface area (TPSA) is 49.0 Å². The van der Waals surface area contributed by atoms with Crippen molar-refractivity contribution in [3.8, 4) is 10.4 Å². The Hall–Kier alpha value is -2.40. The Kier molecular flexibility index (Phi) is 3.93. The zero-order valence-corrected chi connectivity index (χ0v) is 16.2. The summed E-state index contributed by atoms with van der Waals surface area (Å²) in [6.07, 6.45) is 8.02. The monoisotopic (exact) mass is 377 g/mol. The van der Waals surface area contributed by atoms with Gasteiger partial charge in [-0.05, 0) is 42.7 Å². The van der Waals surface area contributed by atoms with Gasteiger partial charge in [-0.15, -0.1) is 11.3 Å². The predicted molar refractivity (Wildman–Crippen MR) is 108 cm³/mol. The van der Waals surface area contributed by atoms with Crippen LogP contribution in [0, 0.1) is 0 Å². The zero-order chi connectivity index (χ0) is 18.4. The molecule has 2 atom stereocenters. The molecule has 1 amide bonds. The maximum atomic E-state index is 13.3. The minimum Gasteiger partial charge on any atom is -0.333 e. The van der Waals surface area contributed by atoms with Gasteiger partial charge in [0.2, 0.25) is 0 Å². The van der Waals surface area contributed by atoms with E-state index < -0.39 is 0 Å². The normalized spacial score (nSPS) is 27.1. The van der Waals surface area contributed by atoms with Gasteiger partial charge in [-0.3, -0.25) is 9.89 Å². The molecule has 4 nitrogen and oxygen atoms in total. The molecule has 1 aromatic carbocycles. The fraction of sp³-hybridized carbons (Fsp3) is 0.364. The second kappa shape index (κ2) is 6.34. The van der Waals surface area contributed by atoms with Crippen molar-refractivity contribution in [2.45, 2.75) is 50.1 Å². The first-order chi connectivity index (χ1) is 13.1. The van der Waals surface area contributed by atoms with E-state index in [9.17, 15) is 4.79 Å². The van der Waals surface area contributed by atoms with E-state index in [0.717, 1.165) is 41.7 Å². The number of amides is 1. The number of aromatic nitrogens is 2. The minimum atomic E-state index is 0.167. The van der Waals surface area contributed by atoms with Crippen molar-refractivity contribution < 1.29 is 4.79 Å². The van der Waals surface area contributed by atoms with Crippen LogP contribution in [-0.2, 0) is 5.41 Å². The number of nitrogens with zero attached hydrogens (tertiary/aromatic N) is 2. The van der Waals surface area contributed by atoms with Crippen LogP contribution in [0.25, 0.3) is 10.4 Å². The van der Waals surface area contributed by atoms with Crippen LogP contribution < -0.4 is 0 Å². The van der Waals surface area contributed by atoms with Crippen LogP contribution in [0.15, 0.2) is 54.2 Å². The number of hydrogen-bond acceptors (Lipinski definition) is 3. The average molecular weight is 378 g/mol. The van der Waals surface area contributed by atoms with E-state index in [-0.39, 0.29) is 11.3 Å². The Morgan fingerprint density at radius 1 is 1.22 bits per heavy atom. The molecule has 0 aliphatic carbocycles. The van der Waals surface area contributed by atoms with Crippen LogP contribution in [0.1, 0.15) is 48.5 Å². The fourth-order valence-electron chi connectivity index (χ4n) is 5.03. The Bertz CT molecular complexity index is 933. The highest BCUT2D eigenvalue weighted by Gasteiger charge is 2.48. The van der Waals surface area contributed by atoms with Crippen LogP contribution in [0.5, 0.6) is 0 Å². The van der Waals surface area contributed by atoms with E-state index in [4.69, 9.17) is 0 Å². The van der Waals surface area contributed by atoms with Crippen molar-refractivity contribution in [2.24, 2.45) is 0 Å². The number of aromatic amines is 1. The van der Waals surface area contributed by atoms with Crippen LogP contribution >= 0.6 is 11.3 Å². The number of thiophene rings is 1. The maximum absolute atomic E-state index is 13.3. The predicted octanol–water partition coefficient (Wildman–Crippen LogP) is 4.86. The van der Waals surface area contributed by atoms with E-state index in [1.807, 2.05) is 17.6 Å². The molecule has 1 N–H and O–H groups in total. The second-order valence-corrected chi connectivity index (χ2v) is 9.03.